The quantitative estimate of drug-likeness (QED) is 0.257. The number of sulfonamides is 1. The molecule has 0 saturated carbocycles. The lowest BCUT2D eigenvalue weighted by atomic mass is 10.0. The maximum Gasteiger partial charge on any atom is 0.250 e. The van der Waals surface area contributed by atoms with E-state index in [2.05, 4.69) is 10.0 Å². The van der Waals surface area contributed by atoms with Crippen LogP contribution in [0.25, 0.3) is 0 Å². The number of aliphatic hydroxyl groups is 1. The van der Waals surface area contributed by atoms with Crippen LogP contribution in [0, 0.1) is 11.6 Å². The molecule has 2 rings (SSSR count). The zero-order chi connectivity index (χ0) is 24.4. The Hall–Kier alpha value is -2.44. The molecule has 3 atom stereocenters. The van der Waals surface area contributed by atoms with Crippen LogP contribution < -0.4 is 21.5 Å². The van der Waals surface area contributed by atoms with Gasteiger partial charge in [-0.2, -0.15) is 0 Å². The first-order valence-electron chi connectivity index (χ1n) is 10.5. The van der Waals surface area contributed by atoms with Crippen LogP contribution in [0.3, 0.4) is 0 Å². The van der Waals surface area contributed by atoms with Crippen molar-refractivity contribution in [3.8, 4) is 0 Å². The van der Waals surface area contributed by atoms with E-state index in [4.69, 9.17) is 11.5 Å². The van der Waals surface area contributed by atoms with Crippen LogP contribution >= 0.6 is 0 Å². The molecule has 0 aliphatic carbocycles. The number of amides is 1. The summed E-state index contributed by atoms with van der Waals surface area (Å²) in [4.78, 5) is 12.1. The third-order valence-electron chi connectivity index (χ3n) is 4.93. The second kappa shape index (κ2) is 12.7. The predicted molar refractivity (Wildman–Crippen MR) is 122 cm³/mol. The fourth-order valence-electron chi connectivity index (χ4n) is 3.13. The summed E-state index contributed by atoms with van der Waals surface area (Å²) in [6.07, 6.45) is -1.06. The molecular formula is C22H30F2N4O4S. The Balaban J connectivity index is 1.68. The molecule has 3 unspecified atom stereocenters. The minimum Gasteiger partial charge on any atom is -0.382 e. The monoisotopic (exact) mass is 484 g/mol. The molecule has 0 fully saturated rings. The molecule has 0 spiro atoms. The summed E-state index contributed by atoms with van der Waals surface area (Å²) in [7, 11) is -3.70. The highest BCUT2D eigenvalue weighted by atomic mass is 32.2. The molecule has 182 valence electrons. The lowest BCUT2D eigenvalue weighted by Gasteiger charge is -2.18. The molecule has 0 bridgehead atoms. The van der Waals surface area contributed by atoms with E-state index < -0.39 is 45.8 Å². The standard InChI is InChI=1S/C22H30F2N4O4S/c23-17-7-8-19(24)16(12-17)13-18(25)14-28-33(31,32)10-4-9-27-22(30)21(29)20(26)11-15-5-2-1-3-6-15/h1-3,5-8,12,18,20-21,28-29H,4,9-11,13-14,25-26H2,(H,27,30). The number of hydrogen-bond donors (Lipinski definition) is 5. The Morgan fingerprint density at radius 2 is 1.76 bits per heavy atom. The first-order chi connectivity index (χ1) is 15.6. The van der Waals surface area contributed by atoms with E-state index in [1.807, 2.05) is 30.3 Å². The molecular weight excluding hydrogens is 454 g/mol. The van der Waals surface area contributed by atoms with Crippen LogP contribution in [0.4, 0.5) is 8.78 Å². The Kier molecular flexibility index (Phi) is 10.3. The summed E-state index contributed by atoms with van der Waals surface area (Å²) in [5.41, 5.74) is 12.7. The number of carbonyl (C=O) groups excluding carboxylic acids is 1. The van der Waals surface area contributed by atoms with Gasteiger partial charge in [-0.25, -0.2) is 21.9 Å². The molecule has 11 heteroatoms. The number of nitrogens with two attached hydrogens (primary N) is 2. The molecule has 0 aliphatic heterocycles. The molecule has 2 aromatic rings. The summed E-state index contributed by atoms with van der Waals surface area (Å²) in [6.45, 7) is -0.132. The van der Waals surface area contributed by atoms with Crippen LogP contribution in [0.5, 0.6) is 0 Å². The summed E-state index contributed by atoms with van der Waals surface area (Å²) >= 11 is 0. The van der Waals surface area contributed by atoms with E-state index in [-0.39, 0.29) is 37.2 Å². The van der Waals surface area contributed by atoms with Crippen LogP contribution in [0.2, 0.25) is 0 Å². The second-order valence-electron chi connectivity index (χ2n) is 7.81. The Labute approximate surface area is 192 Å². The molecule has 2 aromatic carbocycles. The summed E-state index contributed by atoms with van der Waals surface area (Å²) in [6, 6.07) is 10.6. The highest BCUT2D eigenvalue weighted by Crippen LogP contribution is 2.11. The molecule has 33 heavy (non-hydrogen) atoms. The van der Waals surface area contributed by atoms with Crippen LogP contribution in [-0.2, 0) is 27.7 Å². The molecule has 0 aromatic heterocycles. The lowest BCUT2D eigenvalue weighted by Crippen LogP contribution is -2.47. The maximum absolute atomic E-state index is 13.7. The lowest BCUT2D eigenvalue weighted by molar-refractivity contribution is -0.130. The van der Waals surface area contributed by atoms with Gasteiger partial charge in [0.15, 0.2) is 0 Å². The van der Waals surface area contributed by atoms with Gasteiger partial charge >= 0.3 is 0 Å². The molecule has 0 saturated heterocycles. The zero-order valence-corrected chi connectivity index (χ0v) is 18.9. The number of benzene rings is 2. The van der Waals surface area contributed by atoms with Gasteiger partial charge in [0, 0.05) is 25.2 Å². The van der Waals surface area contributed by atoms with Gasteiger partial charge in [0.25, 0.3) is 0 Å². The fraction of sp³-hybridized carbons (Fsp3) is 0.409. The maximum atomic E-state index is 13.7. The van der Waals surface area contributed by atoms with Gasteiger partial charge in [-0.3, -0.25) is 4.79 Å². The predicted octanol–water partition coefficient (Wildman–Crippen LogP) is 0.191. The van der Waals surface area contributed by atoms with E-state index in [1.165, 1.54) is 0 Å². The van der Waals surface area contributed by atoms with Crippen LogP contribution in [-0.4, -0.2) is 56.5 Å². The van der Waals surface area contributed by atoms with E-state index in [0.29, 0.717) is 6.42 Å². The first kappa shape index (κ1) is 26.8. The van der Waals surface area contributed by atoms with Crippen molar-refractivity contribution in [2.24, 2.45) is 11.5 Å². The topological polar surface area (TPSA) is 148 Å². The molecule has 7 N–H and O–H groups in total. The number of nitrogens with one attached hydrogen (secondary N) is 2. The molecule has 0 radical (unpaired) electrons. The van der Waals surface area contributed by atoms with E-state index in [9.17, 15) is 27.1 Å². The number of halogens is 2. The van der Waals surface area contributed by atoms with Crippen LogP contribution in [0.1, 0.15) is 17.5 Å². The Bertz CT molecular complexity index is 1010. The molecule has 1 amide bonds. The van der Waals surface area contributed by atoms with Gasteiger partial charge in [0.1, 0.15) is 17.7 Å². The number of hydrogen-bond acceptors (Lipinski definition) is 6. The molecule has 0 aliphatic rings. The summed E-state index contributed by atoms with van der Waals surface area (Å²) < 4.78 is 53.4. The van der Waals surface area contributed by atoms with Crippen molar-refractivity contribution in [2.45, 2.75) is 37.5 Å². The average molecular weight is 485 g/mol. The minimum absolute atomic E-state index is 0.0232. The highest BCUT2D eigenvalue weighted by Gasteiger charge is 2.23. The van der Waals surface area contributed by atoms with Crippen molar-refractivity contribution in [1.29, 1.82) is 0 Å². The SMILES string of the molecule is NC(CNS(=O)(=O)CCCNC(=O)C(O)C(N)Cc1ccccc1)Cc1cc(F)ccc1F. The second-order valence-corrected chi connectivity index (χ2v) is 9.74. The van der Waals surface area contributed by atoms with Crippen molar-refractivity contribution in [1.82, 2.24) is 10.0 Å². The minimum atomic E-state index is -3.70. The third kappa shape index (κ3) is 9.52. The van der Waals surface area contributed by atoms with Crippen molar-refractivity contribution < 1.29 is 27.1 Å². The molecule has 0 heterocycles. The molecule has 8 nitrogen and oxygen atoms in total. The summed E-state index contributed by atoms with van der Waals surface area (Å²) in [5, 5.41) is 12.5. The van der Waals surface area contributed by atoms with Crippen molar-refractivity contribution in [3.05, 3.63) is 71.3 Å². The van der Waals surface area contributed by atoms with Crippen molar-refractivity contribution >= 4 is 15.9 Å². The third-order valence-corrected chi connectivity index (χ3v) is 6.37. The van der Waals surface area contributed by atoms with Crippen molar-refractivity contribution in [3.63, 3.8) is 0 Å². The van der Waals surface area contributed by atoms with Crippen LogP contribution in [0.15, 0.2) is 48.5 Å². The van der Waals surface area contributed by atoms with E-state index >= 15 is 0 Å². The average Bonchev–Trinajstić information content (AvgIpc) is 2.78. The van der Waals surface area contributed by atoms with Gasteiger partial charge < -0.3 is 21.9 Å². The van der Waals surface area contributed by atoms with Gasteiger partial charge in [0.05, 0.1) is 5.75 Å². The van der Waals surface area contributed by atoms with Gasteiger partial charge in [0.2, 0.25) is 15.9 Å². The van der Waals surface area contributed by atoms with Gasteiger partial charge in [-0.15, -0.1) is 0 Å². The summed E-state index contributed by atoms with van der Waals surface area (Å²) in [5.74, 6) is -2.19. The van der Waals surface area contributed by atoms with E-state index in [1.54, 1.807) is 0 Å². The largest absolute Gasteiger partial charge is 0.382 e. The van der Waals surface area contributed by atoms with Gasteiger partial charge in [-0.05, 0) is 48.6 Å². The highest BCUT2D eigenvalue weighted by molar-refractivity contribution is 7.89. The smallest absolute Gasteiger partial charge is 0.250 e. The zero-order valence-electron chi connectivity index (χ0n) is 18.1. The van der Waals surface area contributed by atoms with E-state index in [0.717, 1.165) is 23.8 Å². The number of aliphatic hydroxyl groups excluding tert-OH is 1. The van der Waals surface area contributed by atoms with Gasteiger partial charge in [-0.1, -0.05) is 30.3 Å². The number of rotatable bonds is 13. The number of carbonyl (C=O) groups is 1. The Morgan fingerprint density at radius 3 is 2.45 bits per heavy atom. The fourth-order valence-corrected chi connectivity index (χ4v) is 4.27. The first-order valence-corrected chi connectivity index (χ1v) is 12.1. The normalized spacial score (nSPS) is 14.5. The van der Waals surface area contributed by atoms with Crippen molar-refractivity contribution in [2.75, 3.05) is 18.8 Å². The Morgan fingerprint density at radius 1 is 1.06 bits per heavy atom.